The number of imidazole rings is 1. The summed E-state index contributed by atoms with van der Waals surface area (Å²) in [7, 11) is 1.98. The van der Waals surface area contributed by atoms with Crippen molar-refractivity contribution in [3.63, 3.8) is 0 Å². The van der Waals surface area contributed by atoms with E-state index in [1.54, 1.807) is 17.5 Å². The summed E-state index contributed by atoms with van der Waals surface area (Å²) in [5.74, 6) is 0.926. The van der Waals surface area contributed by atoms with Gasteiger partial charge in [-0.15, -0.1) is 11.3 Å². The van der Waals surface area contributed by atoms with Crippen LogP contribution in [-0.4, -0.2) is 56.7 Å². The van der Waals surface area contributed by atoms with Crippen molar-refractivity contribution in [2.45, 2.75) is 0 Å². The van der Waals surface area contributed by atoms with Gasteiger partial charge in [-0.25, -0.2) is 4.98 Å². The van der Waals surface area contributed by atoms with Gasteiger partial charge in [0.2, 0.25) is 5.95 Å². The number of rotatable bonds is 3. The Kier molecular flexibility index (Phi) is 3.81. The molecule has 0 unspecified atom stereocenters. The molecule has 1 aliphatic heterocycles. The average molecular weight is 342 g/mol. The number of aromatic nitrogens is 4. The lowest BCUT2D eigenvalue weighted by Crippen LogP contribution is -2.49. The van der Waals surface area contributed by atoms with Crippen molar-refractivity contribution < 1.29 is 4.79 Å². The number of piperazine rings is 1. The maximum absolute atomic E-state index is 12.7. The zero-order valence-electron chi connectivity index (χ0n) is 13.3. The Morgan fingerprint density at radius 1 is 1.29 bits per heavy atom. The highest BCUT2D eigenvalue weighted by Gasteiger charge is 2.25. The first-order valence-electron chi connectivity index (χ1n) is 7.83. The maximum atomic E-state index is 12.7. The molecule has 3 aromatic rings. The fourth-order valence-corrected chi connectivity index (χ4v) is 3.62. The SMILES string of the molecule is Cn1ccnc1N1CCN(C(=O)c2cc(-c3cccs3)[nH]n2)CC1. The molecule has 0 bridgehead atoms. The van der Waals surface area contributed by atoms with Crippen LogP contribution in [0.3, 0.4) is 0 Å². The number of carbonyl (C=O) groups is 1. The Hall–Kier alpha value is -2.61. The third-order valence-corrected chi connectivity index (χ3v) is 5.13. The van der Waals surface area contributed by atoms with Crippen LogP contribution in [-0.2, 0) is 7.05 Å². The second-order valence-corrected chi connectivity index (χ2v) is 6.71. The number of nitrogens with zero attached hydrogens (tertiary/aromatic N) is 5. The summed E-state index contributed by atoms with van der Waals surface area (Å²) < 4.78 is 2.00. The Labute approximate surface area is 143 Å². The van der Waals surface area contributed by atoms with E-state index in [1.165, 1.54) is 0 Å². The average Bonchev–Trinajstić information content (AvgIpc) is 3.35. The molecular weight excluding hydrogens is 324 g/mol. The molecule has 1 amide bonds. The molecule has 1 saturated heterocycles. The first-order valence-corrected chi connectivity index (χ1v) is 8.71. The molecular formula is C16H18N6OS. The minimum atomic E-state index is -0.0199. The molecule has 0 aromatic carbocycles. The lowest BCUT2D eigenvalue weighted by molar-refractivity contribution is 0.0740. The molecule has 4 rings (SSSR count). The molecule has 1 N–H and O–H groups in total. The molecule has 0 aliphatic carbocycles. The highest BCUT2D eigenvalue weighted by atomic mass is 32.1. The van der Waals surface area contributed by atoms with Gasteiger partial charge in [0.1, 0.15) is 0 Å². The molecule has 4 heterocycles. The van der Waals surface area contributed by atoms with Crippen molar-refractivity contribution in [2.24, 2.45) is 7.05 Å². The predicted octanol–water partition coefficient (Wildman–Crippen LogP) is 1.83. The molecule has 0 atom stereocenters. The van der Waals surface area contributed by atoms with Gasteiger partial charge in [0.15, 0.2) is 5.69 Å². The lowest BCUT2D eigenvalue weighted by atomic mass is 10.2. The van der Waals surface area contributed by atoms with E-state index in [1.807, 2.05) is 46.3 Å². The van der Waals surface area contributed by atoms with E-state index < -0.39 is 0 Å². The molecule has 0 radical (unpaired) electrons. The zero-order valence-corrected chi connectivity index (χ0v) is 14.2. The number of aryl methyl sites for hydroxylation is 1. The largest absolute Gasteiger partial charge is 0.339 e. The Morgan fingerprint density at radius 3 is 2.79 bits per heavy atom. The standard InChI is InChI=1S/C16H18N6OS/c1-20-5-4-17-16(20)22-8-6-21(7-9-22)15(23)13-11-12(18-19-13)14-3-2-10-24-14/h2-5,10-11H,6-9H2,1H3,(H,18,19). The number of carbonyl (C=O) groups excluding carboxylic acids is 1. The third kappa shape index (κ3) is 2.69. The number of amides is 1. The van der Waals surface area contributed by atoms with Crippen LogP contribution >= 0.6 is 11.3 Å². The van der Waals surface area contributed by atoms with Gasteiger partial charge in [-0.3, -0.25) is 9.89 Å². The highest BCUT2D eigenvalue weighted by molar-refractivity contribution is 7.13. The number of aromatic amines is 1. The van der Waals surface area contributed by atoms with Crippen molar-refractivity contribution in [3.8, 4) is 10.6 Å². The van der Waals surface area contributed by atoms with E-state index in [9.17, 15) is 4.79 Å². The molecule has 0 spiro atoms. The van der Waals surface area contributed by atoms with Gasteiger partial charge in [-0.1, -0.05) is 6.07 Å². The summed E-state index contributed by atoms with van der Waals surface area (Å²) in [6.07, 6.45) is 3.73. The molecule has 1 fully saturated rings. The van der Waals surface area contributed by atoms with Gasteiger partial charge >= 0.3 is 0 Å². The Bertz CT molecular complexity index is 829. The summed E-state index contributed by atoms with van der Waals surface area (Å²) in [5.41, 5.74) is 1.36. The van der Waals surface area contributed by atoms with E-state index in [2.05, 4.69) is 20.1 Å². The van der Waals surface area contributed by atoms with Gasteiger partial charge in [-0.2, -0.15) is 5.10 Å². The van der Waals surface area contributed by atoms with Crippen LogP contribution in [0.5, 0.6) is 0 Å². The van der Waals surface area contributed by atoms with E-state index in [4.69, 9.17) is 0 Å². The van der Waals surface area contributed by atoms with Crippen LogP contribution in [0, 0.1) is 0 Å². The maximum Gasteiger partial charge on any atom is 0.274 e. The van der Waals surface area contributed by atoms with E-state index in [0.29, 0.717) is 18.8 Å². The van der Waals surface area contributed by atoms with Crippen molar-refractivity contribution >= 4 is 23.2 Å². The first kappa shape index (κ1) is 14.9. The van der Waals surface area contributed by atoms with E-state index >= 15 is 0 Å². The minimum absolute atomic E-state index is 0.0199. The smallest absolute Gasteiger partial charge is 0.274 e. The fraction of sp³-hybridized carbons (Fsp3) is 0.312. The summed E-state index contributed by atoms with van der Waals surface area (Å²) in [5, 5.41) is 9.16. The molecule has 24 heavy (non-hydrogen) atoms. The fourth-order valence-electron chi connectivity index (χ4n) is 2.92. The monoisotopic (exact) mass is 342 g/mol. The third-order valence-electron chi connectivity index (χ3n) is 4.23. The van der Waals surface area contributed by atoms with Crippen LogP contribution < -0.4 is 4.90 Å². The van der Waals surface area contributed by atoms with Gasteiger partial charge in [-0.05, 0) is 17.5 Å². The molecule has 8 heteroatoms. The number of nitrogens with one attached hydrogen (secondary N) is 1. The number of anilines is 1. The number of H-pyrrole nitrogens is 1. The van der Waals surface area contributed by atoms with Crippen molar-refractivity contribution in [1.82, 2.24) is 24.6 Å². The summed E-state index contributed by atoms with van der Waals surface area (Å²) in [6.45, 7) is 2.90. The second-order valence-electron chi connectivity index (χ2n) is 5.76. The summed E-state index contributed by atoms with van der Waals surface area (Å²) >= 11 is 1.62. The topological polar surface area (TPSA) is 70.1 Å². The minimum Gasteiger partial charge on any atom is -0.339 e. The quantitative estimate of drug-likeness (QED) is 0.788. The lowest BCUT2D eigenvalue weighted by Gasteiger charge is -2.34. The first-order chi connectivity index (χ1) is 11.7. The Morgan fingerprint density at radius 2 is 2.12 bits per heavy atom. The van der Waals surface area contributed by atoms with Crippen LogP contribution in [0.25, 0.3) is 10.6 Å². The molecule has 7 nitrogen and oxygen atoms in total. The molecule has 0 saturated carbocycles. The van der Waals surface area contributed by atoms with Gasteiger partial charge in [0, 0.05) is 45.6 Å². The number of hydrogen-bond acceptors (Lipinski definition) is 5. The highest BCUT2D eigenvalue weighted by Crippen LogP contribution is 2.23. The van der Waals surface area contributed by atoms with Crippen LogP contribution in [0.1, 0.15) is 10.5 Å². The van der Waals surface area contributed by atoms with Crippen molar-refractivity contribution in [3.05, 3.63) is 41.7 Å². The number of hydrogen-bond donors (Lipinski definition) is 1. The Balaban J connectivity index is 1.42. The normalized spacial score (nSPS) is 15.0. The van der Waals surface area contributed by atoms with E-state index in [-0.39, 0.29) is 5.91 Å². The predicted molar refractivity (Wildman–Crippen MR) is 93.2 cm³/mol. The van der Waals surface area contributed by atoms with E-state index in [0.717, 1.165) is 29.6 Å². The van der Waals surface area contributed by atoms with Gasteiger partial charge in [0.05, 0.1) is 10.6 Å². The van der Waals surface area contributed by atoms with Crippen LogP contribution in [0.2, 0.25) is 0 Å². The van der Waals surface area contributed by atoms with Crippen molar-refractivity contribution in [2.75, 3.05) is 31.1 Å². The summed E-state index contributed by atoms with van der Waals surface area (Å²) in [6, 6.07) is 5.83. The second kappa shape index (κ2) is 6.12. The van der Waals surface area contributed by atoms with Gasteiger partial charge < -0.3 is 14.4 Å². The molecule has 124 valence electrons. The molecule has 1 aliphatic rings. The van der Waals surface area contributed by atoms with Crippen LogP contribution in [0.4, 0.5) is 5.95 Å². The zero-order chi connectivity index (χ0) is 16.5. The number of thiophene rings is 1. The van der Waals surface area contributed by atoms with Gasteiger partial charge in [0.25, 0.3) is 5.91 Å². The molecule has 3 aromatic heterocycles. The van der Waals surface area contributed by atoms with Crippen molar-refractivity contribution in [1.29, 1.82) is 0 Å². The summed E-state index contributed by atoms with van der Waals surface area (Å²) in [4.78, 5) is 22.2. The van der Waals surface area contributed by atoms with Crippen LogP contribution in [0.15, 0.2) is 36.0 Å².